The third kappa shape index (κ3) is 59.6. The maximum atomic E-state index is 9.49. The molecule has 0 saturated carbocycles. The van der Waals surface area contributed by atoms with Crippen LogP contribution in [0.5, 0.6) is 0 Å². The van der Waals surface area contributed by atoms with E-state index in [1.54, 1.807) is 20.8 Å². The fourth-order valence-electron chi connectivity index (χ4n) is 0.612. The molecule has 0 spiro atoms. The second-order valence-electron chi connectivity index (χ2n) is 3.37. The van der Waals surface area contributed by atoms with Crippen molar-refractivity contribution in [1.29, 1.82) is 0 Å². The Kier molecular flexibility index (Phi) is 31.1. The normalized spacial score (nSPS) is 7.74. The maximum absolute atomic E-state index is 9.49. The summed E-state index contributed by atoms with van der Waals surface area (Å²) in [5.41, 5.74) is 0. The van der Waals surface area contributed by atoms with Gasteiger partial charge in [0.15, 0.2) is 0 Å². The Hall–Kier alpha value is -0.941. The van der Waals surface area contributed by atoms with Crippen LogP contribution in [0.4, 0.5) is 0 Å². The first kappa shape index (κ1) is 26.6. The van der Waals surface area contributed by atoms with Gasteiger partial charge >= 0.3 is 20.1 Å². The summed E-state index contributed by atoms with van der Waals surface area (Å²) in [4.78, 5) is 28.5. The van der Waals surface area contributed by atoms with Crippen LogP contribution >= 0.6 is 0 Å². The number of carbonyl (C=O) groups excluding carboxylic acids is 3. The van der Waals surface area contributed by atoms with Crippen molar-refractivity contribution in [1.82, 2.24) is 0 Å². The van der Waals surface area contributed by atoms with E-state index in [1.165, 1.54) is 0 Å². The summed E-state index contributed by atoms with van der Waals surface area (Å²) in [6, 6.07) is 0. The summed E-state index contributed by atoms with van der Waals surface area (Å²) < 4.78 is 0. The van der Waals surface area contributed by atoms with Gasteiger partial charge in [-0.2, -0.15) is 0 Å². The zero-order chi connectivity index (χ0) is 15.0. The van der Waals surface area contributed by atoms with Gasteiger partial charge in [0.2, 0.25) is 0 Å². The summed E-state index contributed by atoms with van der Waals surface area (Å²) in [5.74, 6) is -2.88. The van der Waals surface area contributed by atoms with Crippen molar-refractivity contribution in [2.75, 3.05) is 0 Å². The van der Waals surface area contributed by atoms with E-state index in [9.17, 15) is 29.7 Å². The zero-order valence-corrected chi connectivity index (χ0v) is 13.9. The number of aliphatic carboxylic acids is 3. The van der Waals surface area contributed by atoms with Gasteiger partial charge in [0, 0.05) is 17.9 Å². The van der Waals surface area contributed by atoms with Crippen molar-refractivity contribution < 1.29 is 49.8 Å². The minimum absolute atomic E-state index is 0. The molecule has 0 aromatic heterocycles. The molecule has 19 heavy (non-hydrogen) atoms. The van der Waals surface area contributed by atoms with Gasteiger partial charge in [-0.25, -0.2) is 0 Å². The van der Waals surface area contributed by atoms with Crippen molar-refractivity contribution in [3.05, 3.63) is 0 Å². The molecule has 0 N–H and O–H groups in total. The smallest absolute Gasteiger partial charge is 0.550 e. The Bertz CT molecular complexity index is 192. The average Bonchev–Trinajstić information content (AvgIpc) is 2.18. The van der Waals surface area contributed by atoms with Crippen LogP contribution in [-0.2, 0) is 34.5 Å². The Morgan fingerprint density at radius 3 is 0.789 bits per heavy atom. The molecule has 0 unspecified atom stereocenters. The number of carbonyl (C=O) groups is 3. The number of rotatable bonds is 6. The van der Waals surface area contributed by atoms with Crippen molar-refractivity contribution in [3.63, 3.8) is 0 Å². The first-order valence-electron chi connectivity index (χ1n) is 5.91. The van der Waals surface area contributed by atoms with Crippen LogP contribution in [0.2, 0.25) is 0 Å². The van der Waals surface area contributed by atoms with Gasteiger partial charge in [-0.15, -0.1) is 0 Å². The van der Waals surface area contributed by atoms with Crippen LogP contribution in [0.1, 0.15) is 59.3 Å². The van der Waals surface area contributed by atoms with E-state index < -0.39 is 17.9 Å². The number of carboxylic acids is 3. The Labute approximate surface area is 127 Å². The topological polar surface area (TPSA) is 120 Å². The maximum Gasteiger partial charge on any atom is 3.00 e. The monoisotopic (exact) mass is 454 g/mol. The standard InChI is InChI=1S/3C4H8O2.Ir/c3*1-2-3-4(5)6;/h3*2-3H2,1H3,(H,5,6);/q;;;+3/p-3. The molecule has 0 aliphatic carbocycles. The first-order chi connectivity index (χ1) is 8.31. The summed E-state index contributed by atoms with van der Waals surface area (Å²) >= 11 is 0. The van der Waals surface area contributed by atoms with E-state index in [0.29, 0.717) is 19.3 Å². The minimum atomic E-state index is -0.961. The van der Waals surface area contributed by atoms with Gasteiger partial charge in [0.05, 0.1) is 0 Å². The molecule has 6 nitrogen and oxygen atoms in total. The second-order valence-corrected chi connectivity index (χ2v) is 3.37. The number of hydrogen-bond acceptors (Lipinski definition) is 6. The minimum Gasteiger partial charge on any atom is -0.550 e. The quantitative estimate of drug-likeness (QED) is 0.488. The molecule has 0 aromatic rings. The summed E-state index contributed by atoms with van der Waals surface area (Å²) in [6.45, 7) is 5.40. The Balaban J connectivity index is -0.0000000865. The molecule has 0 bridgehead atoms. The first-order valence-corrected chi connectivity index (χ1v) is 5.91. The van der Waals surface area contributed by atoms with Crippen LogP contribution in [0.25, 0.3) is 0 Å². The molecule has 0 fully saturated rings. The third-order valence-electron chi connectivity index (χ3n) is 1.36. The average molecular weight is 454 g/mol. The molecule has 0 rings (SSSR count). The molecule has 0 saturated heterocycles. The van der Waals surface area contributed by atoms with E-state index in [2.05, 4.69) is 0 Å². The van der Waals surface area contributed by atoms with Crippen molar-refractivity contribution >= 4 is 17.9 Å². The van der Waals surface area contributed by atoms with Gasteiger partial charge in [-0.1, -0.05) is 40.0 Å². The Morgan fingerprint density at radius 1 is 0.632 bits per heavy atom. The SMILES string of the molecule is CCCC(=O)[O-].CCCC(=O)[O-].CCCC(=O)[O-].[Ir+3]. The van der Waals surface area contributed by atoms with E-state index in [-0.39, 0.29) is 39.4 Å². The Morgan fingerprint density at radius 2 is 0.789 bits per heavy atom. The van der Waals surface area contributed by atoms with Gasteiger partial charge in [0.1, 0.15) is 0 Å². The van der Waals surface area contributed by atoms with E-state index >= 15 is 0 Å². The second kappa shape index (κ2) is 22.3. The molecule has 0 aliphatic heterocycles. The molecular formula is C12H21IrO6. The fraction of sp³-hybridized carbons (Fsp3) is 0.750. The largest absolute Gasteiger partial charge is 3.00 e. The van der Waals surface area contributed by atoms with Crippen LogP contribution in [0.15, 0.2) is 0 Å². The van der Waals surface area contributed by atoms with Crippen LogP contribution in [-0.4, -0.2) is 17.9 Å². The van der Waals surface area contributed by atoms with E-state index in [1.807, 2.05) is 0 Å². The summed E-state index contributed by atoms with van der Waals surface area (Å²) in [6.07, 6.45) is 2.55. The molecule has 0 amide bonds. The van der Waals surface area contributed by atoms with Gasteiger partial charge in [0.25, 0.3) is 0 Å². The van der Waals surface area contributed by atoms with Crippen LogP contribution in [0, 0.1) is 0 Å². The molecule has 114 valence electrons. The zero-order valence-electron chi connectivity index (χ0n) is 11.5. The summed E-state index contributed by atoms with van der Waals surface area (Å²) in [5, 5.41) is 28.5. The fourth-order valence-corrected chi connectivity index (χ4v) is 0.612. The van der Waals surface area contributed by atoms with Gasteiger partial charge < -0.3 is 29.7 Å². The van der Waals surface area contributed by atoms with Gasteiger partial charge in [-0.05, 0) is 19.3 Å². The summed E-state index contributed by atoms with van der Waals surface area (Å²) in [7, 11) is 0. The number of carboxylic acid groups (broad SMARTS) is 3. The van der Waals surface area contributed by atoms with Crippen LogP contribution in [0.3, 0.4) is 0 Å². The number of hydrogen-bond donors (Lipinski definition) is 0. The molecule has 0 atom stereocenters. The molecule has 0 radical (unpaired) electrons. The third-order valence-corrected chi connectivity index (χ3v) is 1.36. The van der Waals surface area contributed by atoms with Crippen molar-refractivity contribution in [2.24, 2.45) is 0 Å². The molecule has 0 heterocycles. The van der Waals surface area contributed by atoms with Crippen LogP contribution < -0.4 is 15.3 Å². The van der Waals surface area contributed by atoms with E-state index in [4.69, 9.17) is 0 Å². The van der Waals surface area contributed by atoms with Gasteiger partial charge in [-0.3, -0.25) is 0 Å². The predicted molar refractivity (Wildman–Crippen MR) is 59.7 cm³/mol. The van der Waals surface area contributed by atoms with E-state index in [0.717, 1.165) is 0 Å². The molecule has 0 aliphatic rings. The molecule has 0 aromatic carbocycles. The van der Waals surface area contributed by atoms with Crippen molar-refractivity contribution in [3.8, 4) is 0 Å². The van der Waals surface area contributed by atoms with Crippen molar-refractivity contribution in [2.45, 2.75) is 59.3 Å². The molecular weight excluding hydrogens is 432 g/mol. The molecule has 7 heteroatoms. The predicted octanol–water partition coefficient (Wildman–Crippen LogP) is -1.39.